The molecule has 0 aromatic heterocycles. The van der Waals surface area contributed by atoms with Gasteiger partial charge in [-0.2, -0.15) is 0 Å². The predicted molar refractivity (Wildman–Crippen MR) is 149 cm³/mol. The molecule has 1 fully saturated rings. The first kappa shape index (κ1) is 26.0. The van der Waals surface area contributed by atoms with Crippen LogP contribution in [0, 0.1) is 0 Å². The predicted octanol–water partition coefficient (Wildman–Crippen LogP) is 6.10. The Balaban J connectivity index is 1.46. The first-order valence-corrected chi connectivity index (χ1v) is 15.2. The van der Waals surface area contributed by atoms with E-state index in [1.807, 2.05) is 0 Å². The maximum Gasteiger partial charge on any atom is 0.181 e. The third-order valence-electron chi connectivity index (χ3n) is 6.85. The molecule has 3 aromatic carbocycles. The second-order valence-corrected chi connectivity index (χ2v) is 12.9. The van der Waals surface area contributed by atoms with Gasteiger partial charge >= 0.3 is 0 Å². The summed E-state index contributed by atoms with van der Waals surface area (Å²) in [5.41, 5.74) is 0. The van der Waals surface area contributed by atoms with Gasteiger partial charge in [0.15, 0.2) is 6.29 Å². The van der Waals surface area contributed by atoms with E-state index >= 15 is 0 Å². The van der Waals surface area contributed by atoms with E-state index in [1.54, 1.807) is 0 Å². The molecule has 35 heavy (non-hydrogen) atoms. The minimum Gasteiger partial charge on any atom is -0.374 e. The Bertz CT molecular complexity index is 862. The van der Waals surface area contributed by atoms with Crippen molar-refractivity contribution < 1.29 is 14.2 Å². The highest BCUT2D eigenvalue weighted by molar-refractivity contribution is 7.95. The molecule has 1 saturated heterocycles. The lowest BCUT2D eigenvalue weighted by atomic mass is 10.1. The first-order valence-electron chi connectivity index (χ1n) is 13.2. The van der Waals surface area contributed by atoms with Gasteiger partial charge in [0.2, 0.25) is 0 Å². The topological polar surface area (TPSA) is 27.7 Å². The van der Waals surface area contributed by atoms with Crippen molar-refractivity contribution in [2.24, 2.45) is 0 Å². The number of rotatable bonds is 13. The smallest absolute Gasteiger partial charge is 0.181 e. The molecule has 0 spiro atoms. The monoisotopic (exact) mass is 491 g/mol. The van der Waals surface area contributed by atoms with Gasteiger partial charge in [-0.25, -0.2) is 0 Å². The average Bonchev–Trinajstić information content (AvgIpc) is 2.93. The van der Waals surface area contributed by atoms with Crippen molar-refractivity contribution in [3.8, 4) is 0 Å². The van der Waals surface area contributed by atoms with Gasteiger partial charge < -0.3 is 14.2 Å². The molecule has 1 aliphatic rings. The van der Waals surface area contributed by atoms with Gasteiger partial charge in [0, 0.05) is 0 Å². The third-order valence-corrected chi connectivity index (χ3v) is 11.4. The Morgan fingerprint density at radius 1 is 0.743 bits per heavy atom. The first-order chi connectivity index (χ1) is 17.3. The standard InChI is InChI=1S/C31H40O3P/c1-2-15-27(34-31-26-32-23-24-33-31)16-7-6-14-25-35(28-17-8-3-9-18-28,29-19-10-4-11-20-29)30-21-12-5-13-22-30/h3-5,8-13,17-22,27,31H,2,6-7,14-16,23-26H2,1H3/q+1. The number of unbranched alkanes of at least 4 members (excludes halogenated alkanes) is 2. The van der Waals surface area contributed by atoms with Crippen LogP contribution < -0.4 is 15.9 Å². The largest absolute Gasteiger partial charge is 0.374 e. The molecular formula is C31H40O3P+. The van der Waals surface area contributed by atoms with Gasteiger partial charge in [-0.3, -0.25) is 0 Å². The summed E-state index contributed by atoms with van der Waals surface area (Å²) in [6.07, 6.45) is 8.12. The summed E-state index contributed by atoms with van der Waals surface area (Å²) in [5.74, 6) is 0. The van der Waals surface area contributed by atoms with E-state index in [9.17, 15) is 0 Å². The molecule has 2 unspecified atom stereocenters. The molecule has 0 aliphatic carbocycles. The minimum absolute atomic E-state index is 0.201. The van der Waals surface area contributed by atoms with E-state index in [1.165, 1.54) is 41.3 Å². The molecule has 3 aromatic rings. The van der Waals surface area contributed by atoms with Crippen molar-refractivity contribution in [3.63, 3.8) is 0 Å². The number of hydrogen-bond donors (Lipinski definition) is 0. The quantitative estimate of drug-likeness (QED) is 0.214. The van der Waals surface area contributed by atoms with Crippen LogP contribution in [0.2, 0.25) is 0 Å². The number of benzene rings is 3. The maximum absolute atomic E-state index is 6.25. The lowest BCUT2D eigenvalue weighted by molar-refractivity contribution is -0.231. The van der Waals surface area contributed by atoms with Gasteiger partial charge in [-0.15, -0.1) is 0 Å². The fourth-order valence-electron chi connectivity index (χ4n) is 5.14. The Morgan fingerprint density at radius 2 is 1.31 bits per heavy atom. The van der Waals surface area contributed by atoms with E-state index < -0.39 is 7.26 Å². The average molecular weight is 492 g/mol. The Morgan fingerprint density at radius 3 is 1.80 bits per heavy atom. The van der Waals surface area contributed by atoms with Crippen LogP contribution in [-0.2, 0) is 14.2 Å². The summed E-state index contributed by atoms with van der Waals surface area (Å²) in [7, 11) is -1.73. The van der Waals surface area contributed by atoms with Crippen LogP contribution in [0.1, 0.15) is 45.4 Å². The summed E-state index contributed by atoms with van der Waals surface area (Å²) in [5, 5.41) is 4.41. The number of hydrogen-bond acceptors (Lipinski definition) is 3. The zero-order chi connectivity index (χ0) is 24.2. The summed E-state index contributed by atoms with van der Waals surface area (Å²) in [6.45, 7) is 4.09. The molecule has 0 amide bonds. The van der Waals surface area contributed by atoms with Crippen molar-refractivity contribution in [3.05, 3.63) is 91.0 Å². The van der Waals surface area contributed by atoms with Crippen molar-refractivity contribution in [2.75, 3.05) is 26.0 Å². The van der Waals surface area contributed by atoms with Gasteiger partial charge in [-0.1, -0.05) is 74.4 Å². The molecule has 1 aliphatic heterocycles. The summed E-state index contributed by atoms with van der Waals surface area (Å²) in [4.78, 5) is 0. The van der Waals surface area contributed by atoms with Crippen molar-refractivity contribution in [2.45, 2.75) is 57.8 Å². The Hall–Kier alpha value is -2.03. The van der Waals surface area contributed by atoms with Gasteiger partial charge in [0.05, 0.1) is 32.1 Å². The van der Waals surface area contributed by atoms with Crippen LogP contribution in [-0.4, -0.2) is 38.4 Å². The molecule has 0 bridgehead atoms. The SMILES string of the molecule is CCCC(CCCCC[P+](c1ccccc1)(c1ccccc1)c1ccccc1)OC1COCCO1. The maximum atomic E-state index is 6.25. The molecule has 0 radical (unpaired) electrons. The Labute approximate surface area is 212 Å². The summed E-state index contributed by atoms with van der Waals surface area (Å²) >= 11 is 0. The summed E-state index contributed by atoms with van der Waals surface area (Å²) in [6, 6.07) is 33.6. The van der Waals surface area contributed by atoms with Crippen LogP contribution in [0.4, 0.5) is 0 Å². The second-order valence-electron chi connectivity index (χ2n) is 9.31. The fourth-order valence-corrected chi connectivity index (χ4v) is 9.55. The van der Waals surface area contributed by atoms with E-state index in [-0.39, 0.29) is 12.4 Å². The lowest BCUT2D eigenvalue weighted by Gasteiger charge is -2.28. The van der Waals surface area contributed by atoms with Crippen LogP contribution in [0.25, 0.3) is 0 Å². The lowest BCUT2D eigenvalue weighted by Crippen LogP contribution is -2.34. The molecule has 4 heteroatoms. The van der Waals surface area contributed by atoms with Gasteiger partial charge in [0.1, 0.15) is 23.2 Å². The van der Waals surface area contributed by atoms with Crippen LogP contribution >= 0.6 is 7.26 Å². The fraction of sp³-hybridized carbons (Fsp3) is 0.419. The van der Waals surface area contributed by atoms with E-state index in [0.717, 1.165) is 19.3 Å². The molecule has 1 heterocycles. The second kappa shape index (κ2) is 13.9. The van der Waals surface area contributed by atoms with Crippen molar-refractivity contribution in [1.82, 2.24) is 0 Å². The Kier molecular flexibility index (Phi) is 10.3. The van der Waals surface area contributed by atoms with Crippen LogP contribution in [0.15, 0.2) is 91.0 Å². The third kappa shape index (κ3) is 7.02. The van der Waals surface area contributed by atoms with Crippen molar-refractivity contribution >= 4 is 23.2 Å². The van der Waals surface area contributed by atoms with Crippen molar-refractivity contribution in [1.29, 1.82) is 0 Å². The highest BCUT2D eigenvalue weighted by Gasteiger charge is 2.44. The van der Waals surface area contributed by atoms with E-state index in [0.29, 0.717) is 19.8 Å². The molecule has 0 N–H and O–H groups in total. The normalized spacial score (nSPS) is 17.2. The minimum atomic E-state index is -1.73. The zero-order valence-corrected chi connectivity index (χ0v) is 22.0. The molecule has 2 atom stereocenters. The molecule has 186 valence electrons. The van der Waals surface area contributed by atoms with Crippen LogP contribution in [0.3, 0.4) is 0 Å². The van der Waals surface area contributed by atoms with E-state index in [4.69, 9.17) is 14.2 Å². The van der Waals surface area contributed by atoms with E-state index in [2.05, 4.69) is 97.9 Å². The molecule has 3 nitrogen and oxygen atoms in total. The molecule has 0 saturated carbocycles. The van der Waals surface area contributed by atoms with Crippen LogP contribution in [0.5, 0.6) is 0 Å². The van der Waals surface area contributed by atoms with Gasteiger partial charge in [-0.05, 0) is 62.1 Å². The van der Waals surface area contributed by atoms with Gasteiger partial charge in [0.25, 0.3) is 0 Å². The zero-order valence-electron chi connectivity index (χ0n) is 21.1. The summed E-state index contributed by atoms with van der Waals surface area (Å²) < 4.78 is 17.5. The highest BCUT2D eigenvalue weighted by atomic mass is 31.2. The molecular weight excluding hydrogens is 451 g/mol. The molecule has 4 rings (SSSR count). The highest BCUT2D eigenvalue weighted by Crippen LogP contribution is 2.56. The number of ether oxygens (including phenoxy) is 3.